The minimum Gasteiger partial charge on any atom is -0.493 e. The van der Waals surface area contributed by atoms with Crippen molar-refractivity contribution >= 4 is 5.96 Å². The number of likely N-dealkylation sites (tertiary alicyclic amines) is 1. The van der Waals surface area contributed by atoms with Gasteiger partial charge in [0.15, 0.2) is 5.72 Å². The predicted octanol–water partition coefficient (Wildman–Crippen LogP) is 3.57. The Kier molecular flexibility index (Phi) is 6.29. The Bertz CT molecular complexity index is 958. The molecule has 1 N–H and O–H groups in total. The number of aliphatic imine (C=N–C) groups is 1. The maximum Gasteiger partial charge on any atom is 0.222 e. The van der Waals surface area contributed by atoms with Gasteiger partial charge in [0.1, 0.15) is 5.75 Å². The van der Waals surface area contributed by atoms with E-state index in [0.717, 1.165) is 49.9 Å². The van der Waals surface area contributed by atoms with Crippen LogP contribution in [0, 0.1) is 5.92 Å². The molecule has 2 aliphatic heterocycles. The van der Waals surface area contributed by atoms with Crippen LogP contribution in [-0.4, -0.2) is 58.0 Å². The summed E-state index contributed by atoms with van der Waals surface area (Å²) in [7, 11) is 2.15. The second-order valence-electron chi connectivity index (χ2n) is 10.1. The Hall–Kier alpha value is -2.58. The maximum atomic E-state index is 6.06. The van der Waals surface area contributed by atoms with Crippen molar-refractivity contribution < 1.29 is 9.57 Å². The molecule has 1 aromatic heterocycles. The fraction of sp³-hybridized carbons (Fsp3) is 0.600. The number of nitrogens with zero attached hydrogens (tertiary/aromatic N) is 5. The van der Waals surface area contributed by atoms with Crippen LogP contribution in [0.25, 0.3) is 0 Å². The van der Waals surface area contributed by atoms with Crippen LogP contribution in [0.4, 0.5) is 0 Å². The molecule has 3 aliphatic rings. The number of hydrogen-bond donors (Lipinski definition) is 1. The monoisotopic (exact) mass is 452 g/mol. The number of ether oxygens (including phenoxy) is 1. The van der Waals surface area contributed by atoms with E-state index in [9.17, 15) is 0 Å². The molecule has 0 amide bonds. The Morgan fingerprint density at radius 1 is 1.15 bits per heavy atom. The topological polar surface area (TPSA) is 67.2 Å². The molecule has 0 unspecified atom stereocenters. The number of nitrogens with one attached hydrogen (secondary N) is 1. The molecule has 1 aliphatic carbocycles. The summed E-state index contributed by atoms with van der Waals surface area (Å²) in [5, 5.41) is 4.82. The smallest absolute Gasteiger partial charge is 0.222 e. The first-order chi connectivity index (χ1) is 16.0. The summed E-state index contributed by atoms with van der Waals surface area (Å²) in [6.45, 7) is 8.41. The van der Waals surface area contributed by atoms with Crippen LogP contribution in [0.3, 0.4) is 0 Å². The fourth-order valence-electron chi connectivity index (χ4n) is 4.28. The third-order valence-electron chi connectivity index (χ3n) is 6.53. The van der Waals surface area contributed by atoms with Crippen LogP contribution < -0.4 is 10.2 Å². The van der Waals surface area contributed by atoms with Gasteiger partial charge in [-0.3, -0.25) is 4.68 Å². The predicted molar refractivity (Wildman–Crippen MR) is 128 cm³/mol. The van der Waals surface area contributed by atoms with Crippen LogP contribution in [0.2, 0.25) is 0 Å². The van der Waals surface area contributed by atoms with Gasteiger partial charge in [0.2, 0.25) is 5.96 Å². The fourth-order valence-corrected chi connectivity index (χ4v) is 4.28. The van der Waals surface area contributed by atoms with Gasteiger partial charge < -0.3 is 14.5 Å². The summed E-state index contributed by atoms with van der Waals surface area (Å²) in [6.07, 6.45) is 6.35. The van der Waals surface area contributed by atoms with Gasteiger partial charge in [-0.05, 0) is 49.6 Å². The Morgan fingerprint density at radius 3 is 2.61 bits per heavy atom. The second kappa shape index (κ2) is 9.35. The Balaban J connectivity index is 1.32. The SMILES string of the molecule is CC(C)COc1ccc(CN(Cc2ccn(C3CC3)n2)C2=NC3(CCN(C)CC3)ON2)cc1. The standard InChI is InChI=1S/C25H36N6O2/c1-19(2)18-32-23-8-4-20(5-9-23)16-30(17-21-10-13-31(27-21)22-6-7-22)24-26-25(33-28-24)11-14-29(3)15-12-25/h4-5,8-10,13,19,22H,6-7,11-12,14-18H2,1-3H3,(H,26,28). The molecular weight excluding hydrogens is 416 g/mol. The van der Waals surface area contributed by atoms with Crippen molar-refractivity contribution in [2.75, 3.05) is 26.7 Å². The van der Waals surface area contributed by atoms with Gasteiger partial charge in [-0.15, -0.1) is 0 Å². The maximum absolute atomic E-state index is 6.06. The summed E-state index contributed by atoms with van der Waals surface area (Å²) in [6, 6.07) is 11.1. The van der Waals surface area contributed by atoms with Gasteiger partial charge in [-0.1, -0.05) is 26.0 Å². The normalized spacial score (nSPS) is 20.2. The Morgan fingerprint density at radius 2 is 1.91 bits per heavy atom. The number of guanidine groups is 1. The number of piperidine rings is 1. The molecule has 0 atom stereocenters. The van der Waals surface area contributed by atoms with E-state index in [2.05, 4.69) is 77.4 Å². The molecule has 5 rings (SSSR count). The number of benzene rings is 1. The van der Waals surface area contributed by atoms with E-state index in [-0.39, 0.29) is 0 Å². The van der Waals surface area contributed by atoms with Crippen molar-refractivity contribution in [1.29, 1.82) is 0 Å². The molecule has 0 radical (unpaired) electrons. The molecule has 8 nitrogen and oxygen atoms in total. The van der Waals surface area contributed by atoms with Gasteiger partial charge in [-0.25, -0.2) is 15.3 Å². The zero-order valence-corrected chi connectivity index (χ0v) is 20.0. The molecular formula is C25H36N6O2. The summed E-state index contributed by atoms with van der Waals surface area (Å²) in [4.78, 5) is 15.7. The van der Waals surface area contributed by atoms with E-state index in [1.54, 1.807) is 0 Å². The number of hydroxylamine groups is 1. The molecule has 2 aromatic rings. The number of rotatable bonds is 8. The molecule has 0 bridgehead atoms. The zero-order valence-electron chi connectivity index (χ0n) is 20.0. The third kappa shape index (κ3) is 5.50. The highest BCUT2D eigenvalue weighted by atomic mass is 16.7. The first-order valence-corrected chi connectivity index (χ1v) is 12.2. The van der Waals surface area contributed by atoms with Crippen molar-refractivity contribution in [2.24, 2.45) is 10.9 Å². The van der Waals surface area contributed by atoms with Crippen LogP contribution in [-0.2, 0) is 17.9 Å². The summed E-state index contributed by atoms with van der Waals surface area (Å²) in [5.74, 6) is 2.21. The third-order valence-corrected chi connectivity index (χ3v) is 6.53. The van der Waals surface area contributed by atoms with Crippen LogP contribution in [0.15, 0.2) is 41.5 Å². The van der Waals surface area contributed by atoms with E-state index < -0.39 is 5.72 Å². The molecule has 3 heterocycles. The van der Waals surface area contributed by atoms with Crippen molar-refractivity contribution in [3.05, 3.63) is 47.8 Å². The zero-order chi connectivity index (χ0) is 22.8. The van der Waals surface area contributed by atoms with E-state index in [1.165, 1.54) is 18.4 Å². The lowest BCUT2D eigenvalue weighted by Gasteiger charge is -2.33. The molecule has 1 spiro atoms. The van der Waals surface area contributed by atoms with Crippen molar-refractivity contribution in [1.82, 2.24) is 25.1 Å². The number of aromatic nitrogens is 2. The van der Waals surface area contributed by atoms with E-state index in [0.29, 0.717) is 25.0 Å². The Labute approximate surface area is 196 Å². The molecule has 1 saturated carbocycles. The molecule has 1 saturated heterocycles. The van der Waals surface area contributed by atoms with Gasteiger partial charge >= 0.3 is 0 Å². The summed E-state index contributed by atoms with van der Waals surface area (Å²) < 4.78 is 7.96. The summed E-state index contributed by atoms with van der Waals surface area (Å²) in [5.41, 5.74) is 4.95. The minimum absolute atomic E-state index is 0.456. The van der Waals surface area contributed by atoms with Gasteiger partial charge in [0.25, 0.3) is 0 Å². The van der Waals surface area contributed by atoms with Crippen molar-refractivity contribution in [3.8, 4) is 5.75 Å². The average molecular weight is 453 g/mol. The van der Waals surface area contributed by atoms with E-state index in [4.69, 9.17) is 19.7 Å². The quantitative estimate of drug-likeness (QED) is 0.661. The average Bonchev–Trinajstić information content (AvgIpc) is 3.42. The van der Waals surface area contributed by atoms with Gasteiger partial charge in [-0.2, -0.15) is 5.10 Å². The van der Waals surface area contributed by atoms with Crippen LogP contribution >= 0.6 is 0 Å². The van der Waals surface area contributed by atoms with Crippen LogP contribution in [0.5, 0.6) is 5.75 Å². The van der Waals surface area contributed by atoms with E-state index in [1.807, 2.05) is 0 Å². The highest BCUT2D eigenvalue weighted by Gasteiger charge is 2.40. The first kappa shape index (κ1) is 22.2. The molecule has 2 fully saturated rings. The lowest BCUT2D eigenvalue weighted by molar-refractivity contribution is -0.0875. The lowest BCUT2D eigenvalue weighted by Crippen LogP contribution is -2.43. The van der Waals surface area contributed by atoms with Gasteiger partial charge in [0.05, 0.1) is 24.9 Å². The second-order valence-corrected chi connectivity index (χ2v) is 10.1. The van der Waals surface area contributed by atoms with Crippen LogP contribution in [0.1, 0.15) is 56.8 Å². The minimum atomic E-state index is -0.456. The first-order valence-electron chi connectivity index (χ1n) is 12.2. The van der Waals surface area contributed by atoms with Gasteiger partial charge in [0, 0.05) is 38.7 Å². The highest BCUT2D eigenvalue weighted by Crippen LogP contribution is 2.34. The lowest BCUT2D eigenvalue weighted by atomic mass is 10.0. The molecule has 8 heteroatoms. The van der Waals surface area contributed by atoms with E-state index >= 15 is 0 Å². The molecule has 33 heavy (non-hydrogen) atoms. The molecule has 178 valence electrons. The van der Waals surface area contributed by atoms with Crippen molar-refractivity contribution in [3.63, 3.8) is 0 Å². The van der Waals surface area contributed by atoms with Crippen molar-refractivity contribution in [2.45, 2.75) is 64.4 Å². The highest BCUT2D eigenvalue weighted by molar-refractivity contribution is 5.80. The summed E-state index contributed by atoms with van der Waals surface area (Å²) >= 11 is 0. The number of hydrogen-bond acceptors (Lipinski definition) is 7. The molecule has 1 aromatic carbocycles. The largest absolute Gasteiger partial charge is 0.493 e.